The van der Waals surface area contributed by atoms with Gasteiger partial charge in [-0.2, -0.15) is 11.3 Å². The van der Waals surface area contributed by atoms with Crippen LogP contribution in [0.2, 0.25) is 0 Å². The quantitative estimate of drug-likeness (QED) is 0.911. The van der Waals surface area contributed by atoms with Crippen molar-refractivity contribution in [3.8, 4) is 0 Å². The van der Waals surface area contributed by atoms with Gasteiger partial charge in [0.25, 0.3) is 0 Å². The highest BCUT2D eigenvalue weighted by molar-refractivity contribution is 7.07. The van der Waals surface area contributed by atoms with Crippen LogP contribution in [0.3, 0.4) is 0 Å². The van der Waals surface area contributed by atoms with Crippen LogP contribution in [0.15, 0.2) is 16.8 Å². The van der Waals surface area contributed by atoms with Crippen LogP contribution in [0, 0.1) is 0 Å². The standard InChI is InChI=1S/C14H21NO2S/c1-15(10-12-5-8-18-11-12)13(16)9-14(17)6-3-2-4-7-14/h5,8,11,17H,2-4,6-7,9-10H2,1H3. The van der Waals surface area contributed by atoms with E-state index in [1.165, 1.54) is 6.42 Å². The first-order valence-corrected chi connectivity index (χ1v) is 7.51. The summed E-state index contributed by atoms with van der Waals surface area (Å²) in [4.78, 5) is 13.8. The Morgan fingerprint density at radius 3 is 2.78 bits per heavy atom. The van der Waals surface area contributed by atoms with Gasteiger partial charge in [-0.15, -0.1) is 0 Å². The predicted molar refractivity (Wildman–Crippen MR) is 73.4 cm³/mol. The van der Waals surface area contributed by atoms with Crippen molar-refractivity contribution in [3.63, 3.8) is 0 Å². The van der Waals surface area contributed by atoms with E-state index in [0.29, 0.717) is 6.54 Å². The van der Waals surface area contributed by atoms with Gasteiger partial charge in [-0.1, -0.05) is 19.3 Å². The molecule has 0 atom stereocenters. The Bertz CT molecular complexity index is 383. The molecule has 1 saturated carbocycles. The lowest BCUT2D eigenvalue weighted by molar-refractivity contribution is -0.137. The van der Waals surface area contributed by atoms with Crippen LogP contribution in [0.25, 0.3) is 0 Å². The average molecular weight is 267 g/mol. The van der Waals surface area contributed by atoms with Gasteiger partial charge in [0.1, 0.15) is 0 Å². The summed E-state index contributed by atoms with van der Waals surface area (Å²) in [6.45, 7) is 0.637. The van der Waals surface area contributed by atoms with Gasteiger partial charge in [-0.05, 0) is 35.2 Å². The molecule has 1 fully saturated rings. The van der Waals surface area contributed by atoms with Crippen LogP contribution < -0.4 is 0 Å². The van der Waals surface area contributed by atoms with Crippen molar-refractivity contribution in [3.05, 3.63) is 22.4 Å². The summed E-state index contributed by atoms with van der Waals surface area (Å²) in [7, 11) is 1.81. The molecular weight excluding hydrogens is 246 g/mol. The minimum atomic E-state index is -0.752. The molecule has 1 aliphatic carbocycles. The molecule has 1 aromatic rings. The van der Waals surface area contributed by atoms with Gasteiger partial charge in [0, 0.05) is 13.6 Å². The van der Waals surface area contributed by atoms with Crippen molar-refractivity contribution in [1.29, 1.82) is 0 Å². The number of nitrogens with zero attached hydrogens (tertiary/aromatic N) is 1. The number of carbonyl (C=O) groups is 1. The lowest BCUT2D eigenvalue weighted by Crippen LogP contribution is -2.38. The molecule has 1 amide bonds. The van der Waals surface area contributed by atoms with Crippen LogP contribution in [0.4, 0.5) is 0 Å². The molecule has 2 rings (SSSR count). The van der Waals surface area contributed by atoms with Crippen molar-refractivity contribution in [2.75, 3.05) is 7.05 Å². The predicted octanol–water partition coefficient (Wildman–Crippen LogP) is 2.79. The highest BCUT2D eigenvalue weighted by Gasteiger charge is 2.32. The van der Waals surface area contributed by atoms with Crippen molar-refractivity contribution < 1.29 is 9.90 Å². The zero-order valence-corrected chi connectivity index (χ0v) is 11.7. The third kappa shape index (κ3) is 3.56. The van der Waals surface area contributed by atoms with E-state index >= 15 is 0 Å². The molecule has 1 aliphatic rings. The molecule has 1 aromatic heterocycles. The Morgan fingerprint density at radius 1 is 1.44 bits per heavy atom. The Hall–Kier alpha value is -0.870. The largest absolute Gasteiger partial charge is 0.389 e. The average Bonchev–Trinajstić information content (AvgIpc) is 2.82. The van der Waals surface area contributed by atoms with E-state index in [2.05, 4.69) is 5.38 Å². The molecule has 18 heavy (non-hydrogen) atoms. The third-order valence-corrected chi connectivity index (χ3v) is 4.42. The van der Waals surface area contributed by atoms with E-state index in [1.54, 1.807) is 16.2 Å². The third-order valence-electron chi connectivity index (χ3n) is 3.69. The fourth-order valence-corrected chi connectivity index (χ4v) is 3.21. The van der Waals surface area contributed by atoms with Crippen LogP contribution >= 0.6 is 11.3 Å². The maximum Gasteiger partial charge on any atom is 0.225 e. The minimum absolute atomic E-state index is 0.0469. The number of hydrogen-bond acceptors (Lipinski definition) is 3. The Kier molecular flexibility index (Phi) is 4.40. The monoisotopic (exact) mass is 267 g/mol. The van der Waals surface area contributed by atoms with Crippen LogP contribution in [0.5, 0.6) is 0 Å². The molecule has 0 aliphatic heterocycles. The summed E-state index contributed by atoms with van der Waals surface area (Å²) >= 11 is 1.64. The summed E-state index contributed by atoms with van der Waals surface area (Å²) < 4.78 is 0. The minimum Gasteiger partial charge on any atom is -0.389 e. The summed E-state index contributed by atoms with van der Waals surface area (Å²) in [6, 6.07) is 2.03. The van der Waals surface area contributed by atoms with E-state index in [0.717, 1.165) is 31.2 Å². The van der Waals surface area contributed by atoms with Gasteiger partial charge in [0.05, 0.1) is 12.0 Å². The molecule has 0 unspecified atom stereocenters. The molecule has 1 N–H and O–H groups in total. The number of rotatable bonds is 4. The SMILES string of the molecule is CN(Cc1ccsc1)C(=O)CC1(O)CCCCC1. The molecule has 0 spiro atoms. The van der Waals surface area contributed by atoms with E-state index in [-0.39, 0.29) is 12.3 Å². The van der Waals surface area contributed by atoms with E-state index in [9.17, 15) is 9.90 Å². The molecule has 0 aromatic carbocycles. The second kappa shape index (κ2) is 5.85. The second-order valence-corrected chi connectivity index (χ2v) is 6.12. The molecule has 0 bridgehead atoms. The summed E-state index contributed by atoms with van der Waals surface area (Å²) in [5.41, 5.74) is 0.407. The molecule has 0 saturated heterocycles. The molecular formula is C14H21NO2S. The molecule has 4 heteroatoms. The Balaban J connectivity index is 1.86. The smallest absolute Gasteiger partial charge is 0.225 e. The van der Waals surface area contributed by atoms with Gasteiger partial charge < -0.3 is 10.0 Å². The molecule has 1 heterocycles. The molecule has 3 nitrogen and oxygen atoms in total. The van der Waals surface area contributed by atoms with Gasteiger partial charge >= 0.3 is 0 Å². The van der Waals surface area contributed by atoms with E-state index in [1.807, 2.05) is 18.5 Å². The number of amides is 1. The van der Waals surface area contributed by atoms with Crippen molar-refractivity contribution in [2.24, 2.45) is 0 Å². The first-order valence-electron chi connectivity index (χ1n) is 6.56. The first kappa shape index (κ1) is 13.6. The number of carbonyl (C=O) groups excluding carboxylic acids is 1. The lowest BCUT2D eigenvalue weighted by Gasteiger charge is -2.32. The van der Waals surface area contributed by atoms with E-state index in [4.69, 9.17) is 0 Å². The molecule has 0 radical (unpaired) electrons. The van der Waals surface area contributed by atoms with Crippen molar-refractivity contribution in [2.45, 2.75) is 50.7 Å². The highest BCUT2D eigenvalue weighted by Crippen LogP contribution is 2.31. The molecule has 100 valence electrons. The number of aliphatic hydroxyl groups is 1. The van der Waals surface area contributed by atoms with Gasteiger partial charge in [-0.25, -0.2) is 0 Å². The zero-order chi connectivity index (χ0) is 13.0. The van der Waals surface area contributed by atoms with Crippen molar-refractivity contribution in [1.82, 2.24) is 4.90 Å². The van der Waals surface area contributed by atoms with Crippen LogP contribution in [-0.2, 0) is 11.3 Å². The van der Waals surface area contributed by atoms with Gasteiger partial charge in [-0.3, -0.25) is 4.79 Å². The summed E-state index contributed by atoms with van der Waals surface area (Å²) in [6.07, 6.45) is 5.07. The van der Waals surface area contributed by atoms with Gasteiger partial charge in [0.2, 0.25) is 5.91 Å². The number of hydrogen-bond donors (Lipinski definition) is 1. The summed E-state index contributed by atoms with van der Waals surface area (Å²) in [5.74, 6) is 0.0469. The maximum absolute atomic E-state index is 12.1. The maximum atomic E-state index is 12.1. The van der Waals surface area contributed by atoms with E-state index < -0.39 is 5.60 Å². The topological polar surface area (TPSA) is 40.5 Å². The van der Waals surface area contributed by atoms with Crippen molar-refractivity contribution >= 4 is 17.2 Å². The highest BCUT2D eigenvalue weighted by atomic mass is 32.1. The zero-order valence-electron chi connectivity index (χ0n) is 10.9. The number of thiophene rings is 1. The fraction of sp³-hybridized carbons (Fsp3) is 0.643. The Morgan fingerprint density at radius 2 is 2.17 bits per heavy atom. The summed E-state index contributed by atoms with van der Waals surface area (Å²) in [5, 5.41) is 14.4. The second-order valence-electron chi connectivity index (χ2n) is 5.34. The first-order chi connectivity index (χ1) is 8.59. The normalized spacial score (nSPS) is 18.6. The fourth-order valence-electron chi connectivity index (χ4n) is 2.55. The van der Waals surface area contributed by atoms with Crippen LogP contribution in [-0.4, -0.2) is 28.6 Å². The van der Waals surface area contributed by atoms with Gasteiger partial charge in [0.15, 0.2) is 0 Å². The lowest BCUT2D eigenvalue weighted by atomic mass is 9.82. The Labute approximate surface area is 112 Å². The van der Waals surface area contributed by atoms with Crippen LogP contribution in [0.1, 0.15) is 44.1 Å².